The van der Waals surface area contributed by atoms with Crippen LogP contribution in [-0.4, -0.2) is 55.3 Å². The first-order valence-corrected chi connectivity index (χ1v) is 11.9. The SMILES string of the molecule is C#[N+]C12CCC(N)C1CN(Cc1cc3cc(-c4[nH]c(=O)c(C(=O)O)c(O)c4CC)ccc3n1C)C2. The number of hydrogen-bond donors (Lipinski definition) is 4. The van der Waals surface area contributed by atoms with Crippen LogP contribution in [0.1, 0.15) is 41.4 Å². The van der Waals surface area contributed by atoms with E-state index in [0.29, 0.717) is 23.2 Å². The van der Waals surface area contributed by atoms with E-state index in [1.165, 1.54) is 0 Å². The first-order valence-electron chi connectivity index (χ1n) is 11.9. The van der Waals surface area contributed by atoms with Crippen LogP contribution in [-0.2, 0) is 20.0 Å². The van der Waals surface area contributed by atoms with E-state index >= 15 is 0 Å². The number of nitrogens with two attached hydrogens (primary N) is 1. The van der Waals surface area contributed by atoms with E-state index in [-0.39, 0.29) is 17.5 Å². The van der Waals surface area contributed by atoms with Crippen molar-refractivity contribution in [3.8, 4) is 23.6 Å². The van der Waals surface area contributed by atoms with E-state index in [0.717, 1.165) is 49.1 Å². The number of aryl methyl sites for hydroxylation is 1. The number of nitrogens with zero attached hydrogens (tertiary/aromatic N) is 3. The van der Waals surface area contributed by atoms with Crippen LogP contribution < -0.4 is 11.3 Å². The minimum Gasteiger partial charge on any atom is -0.506 e. The van der Waals surface area contributed by atoms with Crippen LogP contribution in [0.15, 0.2) is 29.1 Å². The topological polar surface area (TPSA) is 129 Å². The van der Waals surface area contributed by atoms with E-state index in [1.54, 1.807) is 6.92 Å². The molecule has 2 aromatic heterocycles. The van der Waals surface area contributed by atoms with Crippen molar-refractivity contribution in [3.05, 3.63) is 56.3 Å². The second-order valence-electron chi connectivity index (χ2n) is 9.87. The molecule has 0 amide bonds. The molecule has 182 valence electrons. The molecule has 0 spiro atoms. The average Bonchev–Trinajstić information content (AvgIpc) is 3.44. The quantitative estimate of drug-likeness (QED) is 0.448. The van der Waals surface area contributed by atoms with Crippen LogP contribution >= 0.6 is 0 Å². The van der Waals surface area contributed by atoms with Crippen molar-refractivity contribution < 1.29 is 15.0 Å². The normalized spacial score (nSPS) is 24.1. The standard InChI is InChI=1S/C26H29N5O4/c1-4-17-22(29-24(33)21(23(17)32)25(34)35)14-5-6-20-15(9-14)10-16(30(20)3)11-31-12-18-19(27)7-8-26(18,13-31)28-2/h2,5-6,9-10,18-19H,4,7-8,11-13,27H2,1,3H3,(H2-,29,32,33,34,35)/p+1. The molecule has 5 N–H and O–H groups in total. The molecule has 1 aliphatic carbocycles. The maximum absolute atomic E-state index is 12.4. The lowest BCUT2D eigenvalue weighted by Crippen LogP contribution is -2.36. The number of carbonyl (C=O) groups is 1. The molecule has 1 saturated carbocycles. The van der Waals surface area contributed by atoms with Gasteiger partial charge in [0.05, 0.1) is 18.2 Å². The summed E-state index contributed by atoms with van der Waals surface area (Å²) in [6, 6.07) is 8.04. The molecule has 2 fully saturated rings. The van der Waals surface area contributed by atoms with Crippen molar-refractivity contribution in [1.29, 1.82) is 0 Å². The summed E-state index contributed by atoms with van der Waals surface area (Å²) in [5.74, 6) is -1.66. The van der Waals surface area contributed by atoms with Gasteiger partial charge in [0, 0.05) is 54.8 Å². The van der Waals surface area contributed by atoms with Crippen molar-refractivity contribution in [2.75, 3.05) is 13.1 Å². The summed E-state index contributed by atoms with van der Waals surface area (Å²) >= 11 is 0. The Morgan fingerprint density at radius 3 is 2.80 bits per heavy atom. The Hall–Kier alpha value is -3.61. The van der Waals surface area contributed by atoms with Crippen LogP contribution in [0.2, 0.25) is 0 Å². The molecule has 2 aliphatic rings. The van der Waals surface area contributed by atoms with E-state index in [9.17, 15) is 19.8 Å². The molecule has 1 aromatic carbocycles. The molecule has 1 aliphatic heterocycles. The Morgan fingerprint density at radius 2 is 2.14 bits per heavy atom. The number of nitrogens with one attached hydrogen (secondary N) is 1. The summed E-state index contributed by atoms with van der Waals surface area (Å²) in [5, 5.41) is 20.8. The molecule has 3 atom stereocenters. The molecular weight excluding hydrogens is 446 g/mol. The van der Waals surface area contributed by atoms with Crippen molar-refractivity contribution in [2.45, 2.75) is 44.3 Å². The summed E-state index contributed by atoms with van der Waals surface area (Å²) in [6.45, 7) is 10.0. The number of fused-ring (bicyclic) bond motifs is 2. The van der Waals surface area contributed by atoms with Crippen molar-refractivity contribution in [3.63, 3.8) is 0 Å². The van der Waals surface area contributed by atoms with Gasteiger partial charge in [-0.3, -0.25) is 9.69 Å². The van der Waals surface area contributed by atoms with Crippen LogP contribution in [0.5, 0.6) is 5.75 Å². The molecule has 35 heavy (non-hydrogen) atoms. The van der Waals surface area contributed by atoms with Crippen LogP contribution in [0.3, 0.4) is 0 Å². The van der Waals surface area contributed by atoms with E-state index in [1.807, 2.05) is 25.2 Å². The number of H-pyrrole nitrogens is 1. The monoisotopic (exact) mass is 476 g/mol. The van der Waals surface area contributed by atoms with E-state index in [4.69, 9.17) is 12.3 Å². The third kappa shape index (κ3) is 3.52. The number of aromatic hydroxyl groups is 1. The van der Waals surface area contributed by atoms with E-state index < -0.39 is 22.8 Å². The number of carboxylic acids is 1. The molecule has 9 heteroatoms. The first kappa shape index (κ1) is 23.1. The van der Waals surface area contributed by atoms with Gasteiger partial charge in [-0.1, -0.05) is 17.8 Å². The number of rotatable bonds is 5. The maximum Gasteiger partial charge on any atom is 0.345 e. The highest BCUT2D eigenvalue weighted by Gasteiger charge is 2.61. The smallest absolute Gasteiger partial charge is 0.345 e. The predicted molar refractivity (Wildman–Crippen MR) is 134 cm³/mol. The van der Waals surface area contributed by atoms with Crippen molar-refractivity contribution in [2.24, 2.45) is 18.7 Å². The summed E-state index contributed by atoms with van der Waals surface area (Å²) in [7, 11) is 2.02. The van der Waals surface area contributed by atoms with Gasteiger partial charge in [-0.2, -0.15) is 0 Å². The highest BCUT2D eigenvalue weighted by atomic mass is 16.4. The van der Waals surface area contributed by atoms with Gasteiger partial charge in [0.15, 0.2) is 5.56 Å². The number of aromatic nitrogens is 2. The highest BCUT2D eigenvalue weighted by molar-refractivity contribution is 5.92. The summed E-state index contributed by atoms with van der Waals surface area (Å²) in [6.07, 6.45) is 2.25. The van der Waals surface area contributed by atoms with Gasteiger partial charge < -0.3 is 25.5 Å². The number of aromatic amines is 1. The predicted octanol–water partition coefficient (Wildman–Crippen LogP) is 2.75. The summed E-state index contributed by atoms with van der Waals surface area (Å²) in [4.78, 5) is 33.1. The maximum atomic E-state index is 12.4. The fourth-order valence-corrected chi connectivity index (χ4v) is 6.12. The molecule has 3 heterocycles. The second-order valence-corrected chi connectivity index (χ2v) is 9.87. The van der Waals surface area contributed by atoms with Gasteiger partial charge in [0.2, 0.25) is 0 Å². The Labute approximate surface area is 202 Å². The molecule has 1 saturated heterocycles. The zero-order chi connectivity index (χ0) is 25.1. The molecule has 3 aromatic rings. The third-order valence-electron chi connectivity index (χ3n) is 8.00. The number of benzene rings is 1. The zero-order valence-corrected chi connectivity index (χ0v) is 19.9. The van der Waals surface area contributed by atoms with Gasteiger partial charge in [0.1, 0.15) is 5.75 Å². The fraction of sp³-hybridized carbons (Fsp3) is 0.423. The number of carboxylic acid groups (broad SMARTS) is 1. The number of aromatic carboxylic acids is 1. The Morgan fingerprint density at radius 1 is 1.37 bits per heavy atom. The van der Waals surface area contributed by atoms with Crippen LogP contribution in [0.4, 0.5) is 0 Å². The summed E-state index contributed by atoms with van der Waals surface area (Å²) in [5.41, 5.74) is 8.34. The van der Waals surface area contributed by atoms with Gasteiger partial charge in [-0.05, 0) is 36.6 Å². The van der Waals surface area contributed by atoms with Gasteiger partial charge >= 0.3 is 5.97 Å². The minimum atomic E-state index is -1.45. The Bertz CT molecular complexity index is 1450. The Kier molecular flexibility index (Phi) is 5.46. The third-order valence-corrected chi connectivity index (χ3v) is 8.00. The minimum absolute atomic E-state index is 0.126. The molecular formula is C26H30N5O4+. The lowest BCUT2D eigenvalue weighted by Gasteiger charge is -2.17. The van der Waals surface area contributed by atoms with Gasteiger partial charge in [-0.25, -0.2) is 4.79 Å². The van der Waals surface area contributed by atoms with Gasteiger partial charge in [-0.15, -0.1) is 0 Å². The van der Waals surface area contributed by atoms with Gasteiger partial charge in [0.25, 0.3) is 17.7 Å². The van der Waals surface area contributed by atoms with Crippen molar-refractivity contribution in [1.82, 2.24) is 14.5 Å². The lowest BCUT2D eigenvalue weighted by atomic mass is 9.90. The Balaban J connectivity index is 1.49. The number of likely N-dealkylation sites (tertiary alicyclic amines) is 1. The zero-order valence-electron chi connectivity index (χ0n) is 19.9. The lowest BCUT2D eigenvalue weighted by molar-refractivity contribution is 0.0691. The molecule has 0 bridgehead atoms. The van der Waals surface area contributed by atoms with Crippen LogP contribution in [0.25, 0.3) is 27.0 Å². The molecule has 0 radical (unpaired) electrons. The highest BCUT2D eigenvalue weighted by Crippen LogP contribution is 2.44. The average molecular weight is 477 g/mol. The number of hydrogen-bond acceptors (Lipinski definition) is 5. The largest absolute Gasteiger partial charge is 0.506 e. The fourth-order valence-electron chi connectivity index (χ4n) is 6.12. The molecule has 9 nitrogen and oxygen atoms in total. The van der Waals surface area contributed by atoms with Crippen LogP contribution in [0, 0.1) is 12.5 Å². The molecule has 3 unspecified atom stereocenters. The van der Waals surface area contributed by atoms with Crippen molar-refractivity contribution >= 4 is 16.9 Å². The summed E-state index contributed by atoms with van der Waals surface area (Å²) < 4.78 is 2.15. The second kappa shape index (κ2) is 8.26. The van der Waals surface area contributed by atoms with E-state index in [2.05, 4.69) is 25.4 Å². The molecule has 5 rings (SSSR count). The number of pyridine rings is 1. The first-order chi connectivity index (χ1) is 16.7.